The Bertz CT molecular complexity index is 374. The van der Waals surface area contributed by atoms with Crippen LogP contribution in [0.5, 0.6) is 0 Å². The zero-order valence-electron chi connectivity index (χ0n) is 9.54. The van der Waals surface area contributed by atoms with Gasteiger partial charge in [0.05, 0.1) is 10.2 Å². The molecule has 0 radical (unpaired) electrons. The van der Waals surface area contributed by atoms with Crippen molar-refractivity contribution in [2.24, 2.45) is 0 Å². The summed E-state index contributed by atoms with van der Waals surface area (Å²) < 4.78 is 0.843. The molecule has 0 unspecified atom stereocenters. The van der Waals surface area contributed by atoms with Gasteiger partial charge in [-0.3, -0.25) is 0 Å². The van der Waals surface area contributed by atoms with Gasteiger partial charge in [-0.1, -0.05) is 6.92 Å². The summed E-state index contributed by atoms with van der Waals surface area (Å²) in [4.78, 5) is 11.1. The van der Waals surface area contributed by atoms with E-state index in [2.05, 4.69) is 37.7 Å². The summed E-state index contributed by atoms with van der Waals surface area (Å²) in [7, 11) is 0. The van der Waals surface area contributed by atoms with Crippen molar-refractivity contribution in [2.45, 2.75) is 32.6 Å². The highest BCUT2D eigenvalue weighted by Gasteiger charge is 2.16. The van der Waals surface area contributed by atoms with Gasteiger partial charge in [0.25, 0.3) is 0 Å². The molecule has 0 aromatic carbocycles. The molecule has 1 aromatic rings. The van der Waals surface area contributed by atoms with Crippen molar-refractivity contribution in [3.63, 3.8) is 0 Å². The Morgan fingerprint density at radius 1 is 1.25 bits per heavy atom. The van der Waals surface area contributed by atoms with E-state index in [4.69, 9.17) is 5.73 Å². The molecule has 1 aliphatic rings. The monoisotopic (exact) mass is 284 g/mol. The predicted molar refractivity (Wildman–Crippen MR) is 69.6 cm³/mol. The molecule has 16 heavy (non-hydrogen) atoms. The zero-order chi connectivity index (χ0) is 11.5. The SMILES string of the molecule is CCc1nc(N2CCCCC2)nc(N)c1Br. The molecule has 0 spiro atoms. The maximum atomic E-state index is 5.88. The first-order valence-corrected chi connectivity index (χ1v) is 6.58. The van der Waals surface area contributed by atoms with Gasteiger partial charge in [-0.05, 0) is 41.6 Å². The van der Waals surface area contributed by atoms with Crippen molar-refractivity contribution in [3.8, 4) is 0 Å². The standard InChI is InChI=1S/C11H17BrN4/c1-2-8-9(12)10(13)15-11(14-8)16-6-4-3-5-7-16/h2-7H2,1H3,(H2,13,14,15). The van der Waals surface area contributed by atoms with E-state index < -0.39 is 0 Å². The van der Waals surface area contributed by atoms with E-state index in [1.807, 2.05) is 0 Å². The normalized spacial score (nSPS) is 16.5. The van der Waals surface area contributed by atoms with Gasteiger partial charge in [-0.25, -0.2) is 4.98 Å². The van der Waals surface area contributed by atoms with E-state index in [9.17, 15) is 0 Å². The van der Waals surface area contributed by atoms with Crippen molar-refractivity contribution in [1.29, 1.82) is 0 Å². The number of anilines is 2. The first kappa shape index (κ1) is 11.6. The third-order valence-corrected chi connectivity index (χ3v) is 3.77. The number of nitrogens with two attached hydrogens (primary N) is 1. The van der Waals surface area contributed by atoms with Crippen LogP contribution in [0.1, 0.15) is 31.9 Å². The number of aryl methyl sites for hydroxylation is 1. The van der Waals surface area contributed by atoms with Gasteiger partial charge in [0.1, 0.15) is 5.82 Å². The number of nitrogens with zero attached hydrogens (tertiary/aromatic N) is 3. The Morgan fingerprint density at radius 2 is 1.94 bits per heavy atom. The van der Waals surface area contributed by atoms with Crippen LogP contribution in [0, 0.1) is 0 Å². The topological polar surface area (TPSA) is 55.0 Å². The van der Waals surface area contributed by atoms with Crippen molar-refractivity contribution < 1.29 is 0 Å². The van der Waals surface area contributed by atoms with Crippen LogP contribution in [0.4, 0.5) is 11.8 Å². The fourth-order valence-corrected chi connectivity index (χ4v) is 2.43. The van der Waals surface area contributed by atoms with Crippen molar-refractivity contribution in [2.75, 3.05) is 23.7 Å². The van der Waals surface area contributed by atoms with Crippen LogP contribution in [0.15, 0.2) is 4.47 Å². The van der Waals surface area contributed by atoms with E-state index in [-0.39, 0.29) is 0 Å². The largest absolute Gasteiger partial charge is 0.383 e. The molecule has 4 nitrogen and oxygen atoms in total. The number of nitrogen functional groups attached to an aromatic ring is 1. The number of hydrogen-bond donors (Lipinski definition) is 1. The van der Waals surface area contributed by atoms with Crippen molar-refractivity contribution in [3.05, 3.63) is 10.2 Å². The molecule has 2 heterocycles. The van der Waals surface area contributed by atoms with Crippen LogP contribution >= 0.6 is 15.9 Å². The molecular formula is C11H17BrN4. The number of piperidine rings is 1. The highest BCUT2D eigenvalue weighted by atomic mass is 79.9. The maximum absolute atomic E-state index is 5.88. The highest BCUT2D eigenvalue weighted by molar-refractivity contribution is 9.10. The Labute approximate surface area is 104 Å². The quantitative estimate of drug-likeness (QED) is 0.906. The maximum Gasteiger partial charge on any atom is 0.227 e. The molecule has 1 fully saturated rings. The van der Waals surface area contributed by atoms with Gasteiger partial charge in [0, 0.05) is 13.1 Å². The third kappa shape index (κ3) is 2.29. The molecule has 0 saturated carbocycles. The molecule has 2 N–H and O–H groups in total. The molecule has 1 saturated heterocycles. The molecule has 0 amide bonds. The Morgan fingerprint density at radius 3 is 2.56 bits per heavy atom. The lowest BCUT2D eigenvalue weighted by molar-refractivity contribution is 0.567. The molecule has 0 bridgehead atoms. The minimum absolute atomic E-state index is 0.549. The molecule has 88 valence electrons. The average Bonchev–Trinajstić information content (AvgIpc) is 2.33. The Hall–Kier alpha value is -0.840. The van der Waals surface area contributed by atoms with Gasteiger partial charge in [-0.15, -0.1) is 0 Å². The number of rotatable bonds is 2. The summed E-state index contributed by atoms with van der Waals surface area (Å²) in [6.45, 7) is 4.17. The Balaban J connectivity index is 2.29. The second-order valence-corrected chi connectivity index (χ2v) is 4.86. The summed E-state index contributed by atoms with van der Waals surface area (Å²) in [5.74, 6) is 1.34. The molecule has 0 atom stereocenters. The van der Waals surface area contributed by atoms with E-state index >= 15 is 0 Å². The smallest absolute Gasteiger partial charge is 0.227 e. The highest BCUT2D eigenvalue weighted by Crippen LogP contribution is 2.25. The van der Waals surface area contributed by atoms with Gasteiger partial charge >= 0.3 is 0 Å². The molecule has 1 aromatic heterocycles. The second kappa shape index (κ2) is 4.99. The fraction of sp³-hybridized carbons (Fsp3) is 0.636. The van der Waals surface area contributed by atoms with Crippen LogP contribution in [0.2, 0.25) is 0 Å². The van der Waals surface area contributed by atoms with E-state index in [1.165, 1.54) is 19.3 Å². The van der Waals surface area contributed by atoms with E-state index in [1.54, 1.807) is 0 Å². The summed E-state index contributed by atoms with van der Waals surface area (Å²) in [5.41, 5.74) is 6.87. The third-order valence-electron chi connectivity index (χ3n) is 2.91. The predicted octanol–water partition coefficient (Wildman–Crippen LogP) is 2.37. The van der Waals surface area contributed by atoms with Crippen LogP contribution in [-0.2, 0) is 6.42 Å². The number of hydrogen-bond acceptors (Lipinski definition) is 4. The minimum Gasteiger partial charge on any atom is -0.383 e. The second-order valence-electron chi connectivity index (χ2n) is 4.07. The lowest BCUT2D eigenvalue weighted by atomic mass is 10.1. The average molecular weight is 285 g/mol. The van der Waals surface area contributed by atoms with Crippen LogP contribution in [0.25, 0.3) is 0 Å². The number of halogens is 1. The van der Waals surface area contributed by atoms with Gasteiger partial charge in [-0.2, -0.15) is 4.98 Å². The van der Waals surface area contributed by atoms with E-state index in [0.29, 0.717) is 5.82 Å². The zero-order valence-corrected chi connectivity index (χ0v) is 11.1. The Kier molecular flexibility index (Phi) is 3.63. The summed E-state index contributed by atoms with van der Waals surface area (Å²) in [5, 5.41) is 0. The lowest BCUT2D eigenvalue weighted by Crippen LogP contribution is -2.31. The molecule has 5 heteroatoms. The summed E-state index contributed by atoms with van der Waals surface area (Å²) in [6, 6.07) is 0. The first-order chi connectivity index (χ1) is 7.72. The fourth-order valence-electron chi connectivity index (χ4n) is 1.97. The number of aromatic nitrogens is 2. The van der Waals surface area contributed by atoms with Gasteiger partial charge < -0.3 is 10.6 Å². The summed E-state index contributed by atoms with van der Waals surface area (Å²) >= 11 is 3.43. The van der Waals surface area contributed by atoms with Crippen LogP contribution < -0.4 is 10.6 Å². The lowest BCUT2D eigenvalue weighted by Gasteiger charge is -2.27. The van der Waals surface area contributed by atoms with Crippen molar-refractivity contribution in [1.82, 2.24) is 9.97 Å². The van der Waals surface area contributed by atoms with Gasteiger partial charge in [0.15, 0.2) is 0 Å². The molecule has 2 rings (SSSR count). The van der Waals surface area contributed by atoms with Crippen molar-refractivity contribution >= 4 is 27.7 Å². The summed E-state index contributed by atoms with van der Waals surface area (Å²) in [6.07, 6.45) is 4.62. The molecular weight excluding hydrogens is 268 g/mol. The molecule has 0 aliphatic carbocycles. The van der Waals surface area contributed by atoms with E-state index in [0.717, 1.165) is 35.6 Å². The molecule has 1 aliphatic heterocycles. The first-order valence-electron chi connectivity index (χ1n) is 5.79. The minimum atomic E-state index is 0.549. The van der Waals surface area contributed by atoms with Crippen LogP contribution in [-0.4, -0.2) is 23.1 Å². The van der Waals surface area contributed by atoms with Crippen LogP contribution in [0.3, 0.4) is 0 Å². The van der Waals surface area contributed by atoms with Gasteiger partial charge in [0.2, 0.25) is 5.95 Å².